The summed E-state index contributed by atoms with van der Waals surface area (Å²) in [6.07, 6.45) is 12.6. The maximum absolute atomic E-state index is 10.7. The Labute approximate surface area is 107 Å². The predicted octanol–water partition coefficient (Wildman–Crippen LogP) is 4.17. The smallest absolute Gasteiger partial charge is 0.399 e. The molecule has 0 aliphatic rings. The summed E-state index contributed by atoms with van der Waals surface area (Å²) in [6.45, 7) is 2.25. The number of unbranched alkanes of at least 4 members (excludes halogenated alkanes) is 8. The molecule has 0 unspecified atom stereocenters. The maximum Gasteiger partial charge on any atom is 0.414 e. The van der Waals surface area contributed by atoms with Gasteiger partial charge in [-0.15, -0.1) is 0 Å². The SMILES string of the molecule is CCCCCCCCCCCc1nsc(=O)o1. The molecule has 0 saturated carbocycles. The van der Waals surface area contributed by atoms with Gasteiger partial charge in [0.2, 0.25) is 5.89 Å². The molecule has 98 valence electrons. The first-order valence-corrected chi connectivity index (χ1v) is 7.56. The quantitative estimate of drug-likeness (QED) is 0.591. The monoisotopic (exact) mass is 257 g/mol. The van der Waals surface area contributed by atoms with Gasteiger partial charge in [-0.1, -0.05) is 58.3 Å². The maximum atomic E-state index is 10.7. The zero-order valence-corrected chi connectivity index (χ0v) is 11.6. The lowest BCUT2D eigenvalue weighted by Gasteiger charge is -2.00. The third-order valence-corrected chi connectivity index (χ3v) is 3.44. The third-order valence-electron chi connectivity index (χ3n) is 2.92. The standard InChI is InChI=1S/C13H23NO2S/c1-2-3-4-5-6-7-8-9-10-11-12-14-17-13(15)16-12/h2-11H2,1H3. The normalized spacial score (nSPS) is 10.9. The van der Waals surface area contributed by atoms with Gasteiger partial charge in [-0.3, -0.25) is 0 Å². The van der Waals surface area contributed by atoms with Gasteiger partial charge in [0.05, 0.1) is 0 Å². The summed E-state index contributed by atoms with van der Waals surface area (Å²) in [6, 6.07) is 0. The van der Waals surface area contributed by atoms with Crippen molar-refractivity contribution in [2.45, 2.75) is 71.1 Å². The molecule has 0 bridgehead atoms. The van der Waals surface area contributed by atoms with Crippen LogP contribution in [0.1, 0.15) is 70.6 Å². The van der Waals surface area contributed by atoms with Crippen LogP contribution in [0.4, 0.5) is 0 Å². The van der Waals surface area contributed by atoms with Crippen LogP contribution in [0, 0.1) is 0 Å². The Kier molecular flexibility index (Phi) is 7.97. The summed E-state index contributed by atoms with van der Waals surface area (Å²) < 4.78 is 8.85. The average molecular weight is 257 g/mol. The molecule has 0 radical (unpaired) electrons. The molecule has 0 N–H and O–H groups in total. The molecule has 0 amide bonds. The van der Waals surface area contributed by atoms with Crippen molar-refractivity contribution in [1.29, 1.82) is 0 Å². The van der Waals surface area contributed by atoms with Gasteiger partial charge in [0.15, 0.2) is 0 Å². The van der Waals surface area contributed by atoms with Gasteiger partial charge in [-0.25, -0.2) is 4.79 Å². The van der Waals surface area contributed by atoms with Gasteiger partial charge >= 0.3 is 4.94 Å². The Hall–Kier alpha value is -0.640. The van der Waals surface area contributed by atoms with Crippen LogP contribution < -0.4 is 4.94 Å². The highest BCUT2D eigenvalue weighted by Crippen LogP contribution is 2.10. The minimum atomic E-state index is -0.282. The first-order valence-electron chi connectivity index (χ1n) is 6.78. The van der Waals surface area contributed by atoms with Crippen LogP contribution in [0.2, 0.25) is 0 Å². The molecular formula is C13H23NO2S. The molecule has 1 heterocycles. The highest BCUT2D eigenvalue weighted by Gasteiger charge is 2.00. The summed E-state index contributed by atoms with van der Waals surface area (Å²) >= 11 is 0.912. The van der Waals surface area contributed by atoms with Crippen molar-refractivity contribution in [3.8, 4) is 0 Å². The van der Waals surface area contributed by atoms with Crippen LogP contribution in [-0.2, 0) is 6.42 Å². The molecule has 0 aliphatic carbocycles. The third kappa shape index (κ3) is 7.31. The number of nitrogens with zero attached hydrogens (tertiary/aromatic N) is 1. The van der Waals surface area contributed by atoms with Crippen molar-refractivity contribution in [1.82, 2.24) is 4.37 Å². The lowest BCUT2D eigenvalue weighted by Crippen LogP contribution is -1.88. The van der Waals surface area contributed by atoms with E-state index in [2.05, 4.69) is 11.3 Å². The van der Waals surface area contributed by atoms with E-state index in [1.54, 1.807) is 0 Å². The number of aromatic nitrogens is 1. The topological polar surface area (TPSA) is 43.1 Å². The molecule has 17 heavy (non-hydrogen) atoms. The minimum absolute atomic E-state index is 0.282. The van der Waals surface area contributed by atoms with Crippen LogP contribution in [-0.4, -0.2) is 4.37 Å². The van der Waals surface area contributed by atoms with Crippen molar-refractivity contribution in [2.75, 3.05) is 0 Å². The van der Waals surface area contributed by atoms with Crippen molar-refractivity contribution in [3.05, 3.63) is 15.6 Å². The number of hydrogen-bond acceptors (Lipinski definition) is 4. The van der Waals surface area contributed by atoms with E-state index >= 15 is 0 Å². The van der Waals surface area contributed by atoms with E-state index in [1.165, 1.54) is 51.4 Å². The van der Waals surface area contributed by atoms with E-state index < -0.39 is 0 Å². The Morgan fingerprint density at radius 1 is 1.00 bits per heavy atom. The predicted molar refractivity (Wildman–Crippen MR) is 71.6 cm³/mol. The second kappa shape index (κ2) is 9.40. The van der Waals surface area contributed by atoms with E-state index in [0.717, 1.165) is 24.4 Å². The zero-order chi connectivity index (χ0) is 12.3. The molecule has 1 rings (SSSR count). The van der Waals surface area contributed by atoms with Crippen LogP contribution in [0.15, 0.2) is 9.21 Å². The van der Waals surface area contributed by atoms with Crippen LogP contribution in [0.25, 0.3) is 0 Å². The molecule has 0 saturated heterocycles. The number of aryl methyl sites for hydroxylation is 1. The van der Waals surface area contributed by atoms with E-state index in [0.29, 0.717) is 5.89 Å². The van der Waals surface area contributed by atoms with Crippen LogP contribution in [0.3, 0.4) is 0 Å². The summed E-state index contributed by atoms with van der Waals surface area (Å²) in [5.41, 5.74) is 0. The Balaban J connectivity index is 1.86. The van der Waals surface area contributed by atoms with E-state index in [4.69, 9.17) is 4.42 Å². The molecule has 1 aromatic rings. The fraction of sp³-hybridized carbons (Fsp3) is 0.846. The molecule has 0 fully saturated rings. The van der Waals surface area contributed by atoms with E-state index in [1.807, 2.05) is 0 Å². The van der Waals surface area contributed by atoms with Gasteiger partial charge in [0.25, 0.3) is 0 Å². The Morgan fingerprint density at radius 3 is 2.12 bits per heavy atom. The largest absolute Gasteiger partial charge is 0.414 e. The molecular weight excluding hydrogens is 234 g/mol. The molecule has 0 aliphatic heterocycles. The van der Waals surface area contributed by atoms with Crippen molar-refractivity contribution >= 4 is 11.5 Å². The van der Waals surface area contributed by atoms with E-state index in [9.17, 15) is 4.79 Å². The summed E-state index contributed by atoms with van der Waals surface area (Å²) in [4.78, 5) is 10.5. The van der Waals surface area contributed by atoms with Gasteiger partial charge in [-0.2, -0.15) is 4.37 Å². The number of hydrogen-bond donors (Lipinski definition) is 0. The van der Waals surface area contributed by atoms with Gasteiger partial charge in [-0.05, 0) is 6.42 Å². The lowest BCUT2D eigenvalue weighted by atomic mass is 10.1. The molecule has 0 spiro atoms. The fourth-order valence-corrected chi connectivity index (χ4v) is 2.34. The highest BCUT2D eigenvalue weighted by molar-refractivity contribution is 7.02. The summed E-state index contributed by atoms with van der Waals surface area (Å²) in [7, 11) is 0. The Morgan fingerprint density at radius 2 is 1.59 bits per heavy atom. The molecule has 1 aromatic heterocycles. The first kappa shape index (κ1) is 14.4. The second-order valence-corrected chi connectivity index (χ2v) is 5.21. The van der Waals surface area contributed by atoms with Crippen molar-refractivity contribution < 1.29 is 4.42 Å². The first-order chi connectivity index (χ1) is 8.33. The van der Waals surface area contributed by atoms with Crippen molar-refractivity contribution in [3.63, 3.8) is 0 Å². The number of rotatable bonds is 10. The molecule has 0 aromatic carbocycles. The molecule has 3 nitrogen and oxygen atoms in total. The molecule has 0 atom stereocenters. The minimum Gasteiger partial charge on any atom is -0.399 e. The molecule has 4 heteroatoms. The van der Waals surface area contributed by atoms with Gasteiger partial charge < -0.3 is 4.42 Å². The summed E-state index contributed by atoms with van der Waals surface area (Å²) in [5, 5.41) is 0. The van der Waals surface area contributed by atoms with E-state index in [-0.39, 0.29) is 4.94 Å². The summed E-state index contributed by atoms with van der Waals surface area (Å²) in [5.74, 6) is 0.614. The van der Waals surface area contributed by atoms with Gasteiger partial charge in [0, 0.05) is 18.0 Å². The van der Waals surface area contributed by atoms with Crippen molar-refractivity contribution in [2.24, 2.45) is 0 Å². The Bertz CT molecular complexity index is 332. The van der Waals surface area contributed by atoms with Crippen LogP contribution >= 0.6 is 11.5 Å². The van der Waals surface area contributed by atoms with Gasteiger partial charge in [0.1, 0.15) is 0 Å². The highest BCUT2D eigenvalue weighted by atomic mass is 32.1. The zero-order valence-electron chi connectivity index (χ0n) is 10.7. The second-order valence-electron chi connectivity index (χ2n) is 4.51. The fourth-order valence-electron chi connectivity index (χ4n) is 1.91. The van der Waals surface area contributed by atoms with Crippen LogP contribution in [0.5, 0.6) is 0 Å². The average Bonchev–Trinajstić information content (AvgIpc) is 2.73. The lowest BCUT2D eigenvalue weighted by molar-refractivity contribution is 0.454.